The maximum atomic E-state index is 11.1. The molecule has 0 aliphatic carbocycles. The number of esters is 1. The summed E-state index contributed by atoms with van der Waals surface area (Å²) in [6.07, 6.45) is 3.24. The maximum Gasteiger partial charge on any atom is 0.330 e. The van der Waals surface area contributed by atoms with Crippen LogP contribution in [0.25, 0.3) is 0 Å². The van der Waals surface area contributed by atoms with Crippen molar-refractivity contribution in [3.05, 3.63) is 12.7 Å². The molecule has 3 nitrogen and oxygen atoms in total. The van der Waals surface area contributed by atoms with Crippen LogP contribution in [0.5, 0.6) is 0 Å². The number of methoxy groups -OCH3 is 1. The molecule has 2 atom stereocenters. The van der Waals surface area contributed by atoms with Crippen molar-refractivity contribution in [3.63, 3.8) is 0 Å². The van der Waals surface area contributed by atoms with E-state index in [1.165, 1.54) is 6.08 Å². The Hall–Kier alpha value is -0.613. The SMILES string of the molecule is C=CC(=O)OC(CCC)[SiH2]C(C)COC. The Kier molecular flexibility index (Phi) is 8.32. The minimum absolute atomic E-state index is 0.130. The summed E-state index contributed by atoms with van der Waals surface area (Å²) in [7, 11) is 1.26. The number of carbonyl (C=O) groups excluding carboxylic acids is 1. The van der Waals surface area contributed by atoms with Crippen LogP contribution in [-0.4, -0.2) is 34.9 Å². The molecule has 0 N–H and O–H groups in total. The summed E-state index contributed by atoms with van der Waals surface area (Å²) in [5.74, 6) is -0.300. The zero-order valence-corrected chi connectivity index (χ0v) is 11.4. The monoisotopic (exact) mass is 230 g/mol. The van der Waals surface area contributed by atoms with Gasteiger partial charge in [0.25, 0.3) is 0 Å². The molecular weight excluding hydrogens is 208 g/mol. The molecule has 0 radical (unpaired) electrons. The van der Waals surface area contributed by atoms with Crippen LogP contribution >= 0.6 is 0 Å². The van der Waals surface area contributed by atoms with E-state index in [0.29, 0.717) is 5.54 Å². The molecule has 0 saturated carbocycles. The average molecular weight is 230 g/mol. The summed E-state index contributed by atoms with van der Waals surface area (Å²) >= 11 is 0. The van der Waals surface area contributed by atoms with Gasteiger partial charge in [-0.05, 0) is 12.0 Å². The van der Waals surface area contributed by atoms with Crippen molar-refractivity contribution in [1.29, 1.82) is 0 Å². The minimum atomic E-state index is -0.440. The van der Waals surface area contributed by atoms with Gasteiger partial charge in [-0.2, -0.15) is 0 Å². The predicted molar refractivity (Wildman–Crippen MR) is 64.8 cm³/mol. The lowest BCUT2D eigenvalue weighted by Gasteiger charge is -2.19. The summed E-state index contributed by atoms with van der Waals surface area (Å²) in [4.78, 5) is 11.1. The summed E-state index contributed by atoms with van der Waals surface area (Å²) < 4.78 is 10.4. The second-order valence-electron chi connectivity index (χ2n) is 3.85. The van der Waals surface area contributed by atoms with Gasteiger partial charge >= 0.3 is 5.97 Å². The zero-order valence-electron chi connectivity index (χ0n) is 9.99. The average Bonchev–Trinajstić information content (AvgIpc) is 2.18. The first-order valence-corrected chi connectivity index (χ1v) is 7.09. The molecule has 0 aliphatic heterocycles. The van der Waals surface area contributed by atoms with E-state index in [-0.39, 0.29) is 11.7 Å². The van der Waals surface area contributed by atoms with E-state index in [9.17, 15) is 4.79 Å². The van der Waals surface area contributed by atoms with Crippen LogP contribution in [0.3, 0.4) is 0 Å². The second kappa shape index (κ2) is 8.68. The van der Waals surface area contributed by atoms with Gasteiger partial charge in [0.15, 0.2) is 0 Å². The van der Waals surface area contributed by atoms with Crippen LogP contribution in [0, 0.1) is 0 Å². The molecule has 0 bridgehead atoms. The molecule has 0 rings (SSSR count). The number of ether oxygens (including phenoxy) is 2. The van der Waals surface area contributed by atoms with Crippen molar-refractivity contribution in [3.8, 4) is 0 Å². The van der Waals surface area contributed by atoms with E-state index in [1.807, 2.05) is 0 Å². The molecule has 88 valence electrons. The van der Waals surface area contributed by atoms with E-state index < -0.39 is 9.52 Å². The Bertz CT molecular complexity index is 194. The maximum absolute atomic E-state index is 11.1. The molecule has 0 aliphatic rings. The van der Waals surface area contributed by atoms with Crippen LogP contribution in [-0.2, 0) is 14.3 Å². The number of rotatable bonds is 8. The van der Waals surface area contributed by atoms with E-state index in [4.69, 9.17) is 9.47 Å². The predicted octanol–water partition coefficient (Wildman–Crippen LogP) is 1.47. The summed E-state index contributed by atoms with van der Waals surface area (Å²) in [5, 5.41) is 0. The van der Waals surface area contributed by atoms with Gasteiger partial charge < -0.3 is 9.47 Å². The Morgan fingerprint density at radius 2 is 2.27 bits per heavy atom. The van der Waals surface area contributed by atoms with Gasteiger partial charge in [-0.25, -0.2) is 4.79 Å². The molecule has 0 aromatic rings. The molecule has 0 heterocycles. The van der Waals surface area contributed by atoms with Crippen LogP contribution in [0.1, 0.15) is 26.7 Å². The van der Waals surface area contributed by atoms with Gasteiger partial charge in [0.05, 0.1) is 15.2 Å². The number of hydrogen-bond acceptors (Lipinski definition) is 3. The van der Waals surface area contributed by atoms with Crippen molar-refractivity contribution >= 4 is 15.5 Å². The molecular formula is C11H22O3Si. The fourth-order valence-corrected chi connectivity index (χ4v) is 3.73. The fraction of sp³-hybridized carbons (Fsp3) is 0.727. The smallest absolute Gasteiger partial charge is 0.330 e. The van der Waals surface area contributed by atoms with Gasteiger partial charge in [-0.15, -0.1) is 0 Å². The van der Waals surface area contributed by atoms with Gasteiger partial charge in [-0.1, -0.05) is 26.8 Å². The van der Waals surface area contributed by atoms with E-state index in [0.717, 1.165) is 19.4 Å². The Morgan fingerprint density at radius 1 is 1.60 bits per heavy atom. The van der Waals surface area contributed by atoms with Gasteiger partial charge in [0.1, 0.15) is 0 Å². The molecule has 0 saturated heterocycles. The van der Waals surface area contributed by atoms with Gasteiger partial charge in [0.2, 0.25) is 0 Å². The van der Waals surface area contributed by atoms with Gasteiger partial charge in [-0.3, -0.25) is 0 Å². The van der Waals surface area contributed by atoms with E-state index in [2.05, 4.69) is 20.4 Å². The summed E-state index contributed by atoms with van der Waals surface area (Å²) in [6, 6.07) is 0. The third-order valence-electron chi connectivity index (χ3n) is 2.18. The third-order valence-corrected chi connectivity index (χ3v) is 4.32. The third kappa shape index (κ3) is 7.33. The Labute approximate surface area is 94.7 Å². The topological polar surface area (TPSA) is 35.5 Å². The van der Waals surface area contributed by atoms with Crippen LogP contribution in [0.15, 0.2) is 12.7 Å². The lowest BCUT2D eigenvalue weighted by Crippen LogP contribution is -2.27. The molecule has 0 spiro atoms. The molecule has 2 unspecified atom stereocenters. The highest BCUT2D eigenvalue weighted by Crippen LogP contribution is 2.10. The molecule has 0 amide bonds. The van der Waals surface area contributed by atoms with Crippen molar-refractivity contribution in [1.82, 2.24) is 0 Å². The van der Waals surface area contributed by atoms with Crippen molar-refractivity contribution < 1.29 is 14.3 Å². The fourth-order valence-electron chi connectivity index (χ4n) is 1.56. The summed E-state index contributed by atoms with van der Waals surface area (Å²) in [5.41, 5.74) is 0.676. The Morgan fingerprint density at radius 3 is 2.73 bits per heavy atom. The normalized spacial score (nSPS) is 15.1. The molecule has 4 heteroatoms. The highest BCUT2D eigenvalue weighted by molar-refractivity contribution is 6.39. The number of hydrogen-bond donors (Lipinski definition) is 0. The lowest BCUT2D eigenvalue weighted by atomic mass is 10.3. The molecule has 0 aromatic carbocycles. The van der Waals surface area contributed by atoms with Crippen molar-refractivity contribution in [2.45, 2.75) is 38.0 Å². The second-order valence-corrected chi connectivity index (χ2v) is 6.62. The van der Waals surface area contributed by atoms with Crippen LogP contribution < -0.4 is 0 Å². The summed E-state index contributed by atoms with van der Waals surface area (Å²) in [6.45, 7) is 8.42. The van der Waals surface area contributed by atoms with Crippen molar-refractivity contribution in [2.75, 3.05) is 13.7 Å². The first-order chi connectivity index (χ1) is 7.13. The largest absolute Gasteiger partial charge is 0.464 e. The minimum Gasteiger partial charge on any atom is -0.464 e. The van der Waals surface area contributed by atoms with Crippen LogP contribution in [0.2, 0.25) is 5.54 Å². The highest BCUT2D eigenvalue weighted by atomic mass is 28.2. The highest BCUT2D eigenvalue weighted by Gasteiger charge is 2.16. The van der Waals surface area contributed by atoms with E-state index >= 15 is 0 Å². The first-order valence-electron chi connectivity index (χ1n) is 5.46. The van der Waals surface area contributed by atoms with Crippen molar-refractivity contribution in [2.24, 2.45) is 0 Å². The first kappa shape index (κ1) is 14.4. The molecule has 15 heavy (non-hydrogen) atoms. The van der Waals surface area contributed by atoms with Gasteiger partial charge in [0, 0.05) is 19.8 Å². The molecule has 0 aromatic heterocycles. The quantitative estimate of drug-likeness (QED) is 0.360. The Balaban J connectivity index is 4.01. The standard InChI is InChI=1S/C11H22O3Si/c1-5-7-11(14-10(12)6-2)15-9(3)8-13-4/h6,9,11H,2,5,7-8,15H2,1,3-4H3. The molecule has 0 fully saturated rings. The van der Waals surface area contributed by atoms with E-state index in [1.54, 1.807) is 7.11 Å². The van der Waals surface area contributed by atoms with Crippen LogP contribution in [0.4, 0.5) is 0 Å². The lowest BCUT2D eigenvalue weighted by molar-refractivity contribution is -0.139. The number of carbonyl (C=O) groups is 1. The zero-order chi connectivity index (χ0) is 11.7.